The minimum Gasteiger partial charge on any atom is -0.394 e. The third kappa shape index (κ3) is 5.65. The Kier molecular flexibility index (Phi) is 7.59. The van der Waals surface area contributed by atoms with Crippen LogP contribution in [0.25, 0.3) is 11.1 Å². The summed E-state index contributed by atoms with van der Waals surface area (Å²) in [5.41, 5.74) is 11.9. The van der Waals surface area contributed by atoms with E-state index in [4.69, 9.17) is 10.6 Å². The van der Waals surface area contributed by atoms with Crippen molar-refractivity contribution in [2.24, 2.45) is 5.16 Å². The minimum absolute atomic E-state index is 0.00554. The van der Waals surface area contributed by atoms with Crippen molar-refractivity contribution >= 4 is 17.6 Å². The van der Waals surface area contributed by atoms with Gasteiger partial charge in [0, 0.05) is 69.6 Å². The molecule has 198 valence electrons. The molecular weight excluding hydrogens is 485 g/mol. The van der Waals surface area contributed by atoms with Crippen LogP contribution in [0.3, 0.4) is 0 Å². The number of pyridine rings is 1. The molecule has 0 saturated carbocycles. The Bertz CT molecular complexity index is 1340. The number of nitrogens with zero attached hydrogens (tertiary/aromatic N) is 6. The van der Waals surface area contributed by atoms with E-state index in [9.17, 15) is 9.18 Å². The number of hydrogen-bond acceptors (Lipinski definition) is 8. The maximum atomic E-state index is 14.3. The Morgan fingerprint density at radius 2 is 2.00 bits per heavy atom. The molecule has 38 heavy (non-hydrogen) atoms. The molecule has 1 aliphatic carbocycles. The number of aryl methyl sites for hydroxylation is 1. The van der Waals surface area contributed by atoms with E-state index in [2.05, 4.69) is 25.0 Å². The van der Waals surface area contributed by atoms with Crippen molar-refractivity contribution in [3.63, 3.8) is 0 Å². The van der Waals surface area contributed by atoms with E-state index in [-0.39, 0.29) is 23.6 Å². The van der Waals surface area contributed by atoms with Gasteiger partial charge >= 0.3 is 0 Å². The van der Waals surface area contributed by atoms with E-state index >= 15 is 0 Å². The Morgan fingerprint density at radius 1 is 1.18 bits per heavy atom. The van der Waals surface area contributed by atoms with Crippen LogP contribution >= 0.6 is 0 Å². The monoisotopic (exact) mass is 517 g/mol. The standard InChI is InChI=1S/C28H32FN7O2/c1-18-27-25(33-28(30)32-18)14-21(23-6-5-22(29)16-24(23)20-4-3-7-31-17-20)15-26(27)34-38-13-12-35-8-10-36(11-9-35)19(2)37/h3-7,16-17,21H,8-15H2,1-2H3,(H2,30,32,33)/b34-26+. The van der Waals surface area contributed by atoms with Crippen molar-refractivity contribution in [3.8, 4) is 11.1 Å². The predicted molar refractivity (Wildman–Crippen MR) is 143 cm³/mol. The van der Waals surface area contributed by atoms with Gasteiger partial charge < -0.3 is 15.5 Å². The van der Waals surface area contributed by atoms with Crippen LogP contribution in [-0.2, 0) is 16.1 Å². The topological polar surface area (TPSA) is 110 Å². The highest BCUT2D eigenvalue weighted by Gasteiger charge is 2.31. The quantitative estimate of drug-likeness (QED) is 0.395. The number of rotatable bonds is 6. The molecule has 10 heteroatoms. The molecule has 1 fully saturated rings. The molecule has 9 nitrogen and oxygen atoms in total. The van der Waals surface area contributed by atoms with E-state index in [0.717, 1.165) is 72.1 Å². The van der Waals surface area contributed by atoms with Gasteiger partial charge in [-0.15, -0.1) is 0 Å². The van der Waals surface area contributed by atoms with E-state index in [1.165, 1.54) is 6.07 Å². The van der Waals surface area contributed by atoms with Gasteiger partial charge in [-0.1, -0.05) is 17.3 Å². The molecule has 5 rings (SSSR count). The van der Waals surface area contributed by atoms with Gasteiger partial charge in [0.15, 0.2) is 0 Å². The normalized spacial score (nSPS) is 18.9. The van der Waals surface area contributed by atoms with Crippen LogP contribution in [0, 0.1) is 12.7 Å². The first-order chi connectivity index (χ1) is 18.4. The van der Waals surface area contributed by atoms with Crippen molar-refractivity contribution < 1.29 is 14.0 Å². The zero-order chi connectivity index (χ0) is 26.6. The smallest absolute Gasteiger partial charge is 0.220 e. The van der Waals surface area contributed by atoms with Crippen LogP contribution in [0.15, 0.2) is 47.9 Å². The molecule has 3 aromatic rings. The van der Waals surface area contributed by atoms with E-state index in [0.29, 0.717) is 19.4 Å². The van der Waals surface area contributed by atoms with Gasteiger partial charge in [-0.05, 0) is 48.6 Å². The molecule has 1 aliphatic heterocycles. The number of anilines is 1. The third-order valence-corrected chi connectivity index (χ3v) is 7.27. The lowest BCUT2D eigenvalue weighted by molar-refractivity contribution is -0.130. The van der Waals surface area contributed by atoms with E-state index < -0.39 is 0 Å². The number of nitrogen functional groups attached to an aromatic ring is 1. The van der Waals surface area contributed by atoms with Gasteiger partial charge in [0.05, 0.1) is 17.1 Å². The molecule has 1 unspecified atom stereocenters. The molecule has 3 heterocycles. The number of nitrogens with two attached hydrogens (primary N) is 1. The van der Waals surface area contributed by atoms with Crippen molar-refractivity contribution in [3.05, 3.63) is 71.1 Å². The lowest BCUT2D eigenvalue weighted by atomic mass is 9.78. The van der Waals surface area contributed by atoms with E-state index in [1.807, 2.05) is 30.0 Å². The number of halogens is 1. The number of carbonyl (C=O) groups excluding carboxylic acids is 1. The fourth-order valence-corrected chi connectivity index (χ4v) is 5.36. The molecule has 2 aromatic heterocycles. The van der Waals surface area contributed by atoms with Crippen LogP contribution in [-0.4, -0.2) is 75.7 Å². The molecule has 1 atom stereocenters. The van der Waals surface area contributed by atoms with Gasteiger partial charge in [0.25, 0.3) is 0 Å². The number of oxime groups is 1. The SMILES string of the molecule is CC(=O)N1CCN(CCO/N=C2\CC(c3ccc(F)cc3-c3cccnc3)Cc3nc(N)nc(C)c32)CC1. The molecule has 2 aliphatic rings. The molecule has 1 saturated heterocycles. The summed E-state index contributed by atoms with van der Waals surface area (Å²) in [7, 11) is 0. The van der Waals surface area contributed by atoms with Gasteiger partial charge in [0.2, 0.25) is 11.9 Å². The summed E-state index contributed by atoms with van der Waals surface area (Å²) in [6.07, 6.45) is 4.67. The fraction of sp³-hybridized carbons (Fsp3) is 0.393. The Hall–Kier alpha value is -3.92. The molecule has 2 N–H and O–H groups in total. The van der Waals surface area contributed by atoms with Gasteiger partial charge in [-0.3, -0.25) is 14.7 Å². The highest BCUT2D eigenvalue weighted by atomic mass is 19.1. The first-order valence-electron chi connectivity index (χ1n) is 12.9. The second-order valence-electron chi connectivity index (χ2n) is 9.79. The van der Waals surface area contributed by atoms with Crippen molar-refractivity contribution in [2.45, 2.75) is 32.6 Å². The lowest BCUT2D eigenvalue weighted by Gasteiger charge is -2.33. The maximum absolute atomic E-state index is 14.3. The van der Waals surface area contributed by atoms with Crippen molar-refractivity contribution in [1.29, 1.82) is 0 Å². The fourth-order valence-electron chi connectivity index (χ4n) is 5.36. The number of fused-ring (bicyclic) bond motifs is 1. The second kappa shape index (κ2) is 11.2. The summed E-state index contributed by atoms with van der Waals surface area (Å²) >= 11 is 0. The Morgan fingerprint density at radius 3 is 2.74 bits per heavy atom. The van der Waals surface area contributed by atoms with Crippen molar-refractivity contribution in [1.82, 2.24) is 24.8 Å². The summed E-state index contributed by atoms with van der Waals surface area (Å²) in [4.78, 5) is 34.7. The highest BCUT2D eigenvalue weighted by Crippen LogP contribution is 2.38. The van der Waals surface area contributed by atoms with Crippen LogP contribution in [0.2, 0.25) is 0 Å². The summed E-state index contributed by atoms with van der Waals surface area (Å²) in [6.45, 7) is 7.75. The number of aromatic nitrogens is 3. The number of benzene rings is 1. The summed E-state index contributed by atoms with van der Waals surface area (Å²) in [5, 5.41) is 4.56. The molecule has 0 radical (unpaired) electrons. The lowest BCUT2D eigenvalue weighted by Crippen LogP contribution is -2.48. The first-order valence-corrected chi connectivity index (χ1v) is 12.9. The highest BCUT2D eigenvalue weighted by molar-refractivity contribution is 6.03. The van der Waals surface area contributed by atoms with Crippen LogP contribution in [0.5, 0.6) is 0 Å². The minimum atomic E-state index is -0.299. The Labute approximate surface area is 221 Å². The summed E-state index contributed by atoms with van der Waals surface area (Å²) in [6, 6.07) is 8.66. The molecule has 1 amide bonds. The summed E-state index contributed by atoms with van der Waals surface area (Å²) < 4.78 is 14.3. The number of piperazine rings is 1. The van der Waals surface area contributed by atoms with Crippen LogP contribution in [0.4, 0.5) is 10.3 Å². The number of carbonyl (C=O) groups is 1. The molecule has 0 spiro atoms. The van der Waals surface area contributed by atoms with E-state index in [1.54, 1.807) is 25.4 Å². The van der Waals surface area contributed by atoms with Gasteiger partial charge in [-0.2, -0.15) is 0 Å². The maximum Gasteiger partial charge on any atom is 0.220 e. The zero-order valence-corrected chi connectivity index (χ0v) is 21.7. The average Bonchev–Trinajstić information content (AvgIpc) is 2.91. The van der Waals surface area contributed by atoms with Gasteiger partial charge in [-0.25, -0.2) is 14.4 Å². The van der Waals surface area contributed by atoms with Gasteiger partial charge in [0.1, 0.15) is 12.4 Å². The number of hydrogen-bond donors (Lipinski definition) is 1. The molecule has 0 bridgehead atoms. The van der Waals surface area contributed by atoms with Crippen LogP contribution < -0.4 is 5.73 Å². The number of amides is 1. The second-order valence-corrected chi connectivity index (χ2v) is 9.79. The average molecular weight is 518 g/mol. The molecule has 1 aromatic carbocycles. The largest absolute Gasteiger partial charge is 0.394 e. The Balaban J connectivity index is 1.37. The van der Waals surface area contributed by atoms with Crippen LogP contribution in [0.1, 0.15) is 41.8 Å². The zero-order valence-electron chi connectivity index (χ0n) is 21.7. The van der Waals surface area contributed by atoms with Crippen molar-refractivity contribution in [2.75, 3.05) is 45.1 Å². The predicted octanol–water partition coefficient (Wildman–Crippen LogP) is 3.18. The third-order valence-electron chi connectivity index (χ3n) is 7.27. The molecular formula is C28H32FN7O2. The summed E-state index contributed by atoms with van der Waals surface area (Å²) in [5.74, 6) is 0.0314. The first kappa shape index (κ1) is 25.7.